The number of phenols is 1. The maximum Gasteiger partial charge on any atom is 0.280 e. The third-order valence-electron chi connectivity index (χ3n) is 3.17. The number of aromatic nitrogens is 2. The molecule has 3 rings (SSSR count). The van der Waals surface area contributed by atoms with E-state index in [-0.39, 0.29) is 22.2 Å². The molecule has 116 valence electrons. The van der Waals surface area contributed by atoms with Gasteiger partial charge < -0.3 is 10.4 Å². The normalized spacial score (nSPS) is 10.7. The van der Waals surface area contributed by atoms with Crippen molar-refractivity contribution in [2.24, 2.45) is 0 Å². The van der Waals surface area contributed by atoms with Crippen LogP contribution in [0.25, 0.3) is 10.9 Å². The number of amides is 1. The number of benzene rings is 2. The van der Waals surface area contributed by atoms with Crippen LogP contribution in [-0.2, 0) is 0 Å². The van der Waals surface area contributed by atoms with Crippen molar-refractivity contribution >= 4 is 50.0 Å². The van der Waals surface area contributed by atoms with Crippen molar-refractivity contribution in [2.45, 2.75) is 0 Å². The van der Waals surface area contributed by atoms with Crippen LogP contribution in [0.4, 0.5) is 5.69 Å². The van der Waals surface area contributed by atoms with Gasteiger partial charge in [0.15, 0.2) is 11.4 Å². The number of carbonyl (C=O) groups is 1. The van der Waals surface area contributed by atoms with Gasteiger partial charge in [0, 0.05) is 9.86 Å². The summed E-state index contributed by atoms with van der Waals surface area (Å²) in [6, 6.07) is 9.67. The molecule has 0 spiro atoms. The number of nitrogens with one attached hydrogen (secondary N) is 2. The highest BCUT2D eigenvalue weighted by Gasteiger charge is 2.17. The molecule has 1 aromatic heterocycles. The van der Waals surface area contributed by atoms with Crippen LogP contribution >= 0.6 is 27.5 Å². The van der Waals surface area contributed by atoms with Gasteiger partial charge in [-0.1, -0.05) is 39.7 Å². The number of aromatic hydroxyl groups is 1. The molecule has 0 atom stereocenters. The summed E-state index contributed by atoms with van der Waals surface area (Å²) >= 11 is 9.05. The van der Waals surface area contributed by atoms with Crippen molar-refractivity contribution in [3.63, 3.8) is 0 Å². The Morgan fingerprint density at radius 3 is 2.83 bits per heavy atom. The second kappa shape index (κ2) is 6.02. The molecule has 0 unspecified atom stereocenters. The summed E-state index contributed by atoms with van der Waals surface area (Å²) in [6.07, 6.45) is 0. The predicted octanol–water partition coefficient (Wildman–Crippen LogP) is 3.30. The average molecular weight is 395 g/mol. The fraction of sp³-hybridized carbons (Fsp3) is 0. The summed E-state index contributed by atoms with van der Waals surface area (Å²) in [4.78, 5) is 24.6. The van der Waals surface area contributed by atoms with Gasteiger partial charge in [0.2, 0.25) is 5.43 Å². The fourth-order valence-electron chi connectivity index (χ4n) is 2.07. The zero-order valence-electron chi connectivity index (χ0n) is 11.4. The van der Waals surface area contributed by atoms with Gasteiger partial charge in [-0.05, 0) is 24.3 Å². The van der Waals surface area contributed by atoms with E-state index in [0.717, 1.165) is 0 Å². The molecule has 6 nitrogen and oxygen atoms in total. The van der Waals surface area contributed by atoms with E-state index in [1.165, 1.54) is 12.1 Å². The molecule has 0 fully saturated rings. The van der Waals surface area contributed by atoms with Gasteiger partial charge in [0.05, 0.1) is 16.2 Å². The third-order valence-corrected chi connectivity index (χ3v) is 3.91. The van der Waals surface area contributed by atoms with E-state index >= 15 is 0 Å². The van der Waals surface area contributed by atoms with Crippen LogP contribution in [0.1, 0.15) is 10.5 Å². The molecule has 2 aromatic carbocycles. The smallest absolute Gasteiger partial charge is 0.280 e. The molecule has 8 heteroatoms. The van der Waals surface area contributed by atoms with E-state index in [9.17, 15) is 14.7 Å². The standard InChI is InChI=1S/C15H9BrClN3O3/c16-7-5-9(17)14(22)11(6-7)18-15(23)12-13(21)8-3-1-2-4-10(8)19-20-12/h1-6,22H,(H,18,23)(H,19,21). The highest BCUT2D eigenvalue weighted by molar-refractivity contribution is 9.10. The Kier molecular flexibility index (Phi) is 4.06. The van der Waals surface area contributed by atoms with E-state index in [4.69, 9.17) is 11.6 Å². The van der Waals surface area contributed by atoms with Gasteiger partial charge in [0.25, 0.3) is 5.91 Å². The predicted molar refractivity (Wildman–Crippen MR) is 91.1 cm³/mol. The summed E-state index contributed by atoms with van der Waals surface area (Å²) < 4.78 is 0.566. The summed E-state index contributed by atoms with van der Waals surface area (Å²) in [5.41, 5.74) is -0.206. The number of aromatic amines is 1. The Morgan fingerprint density at radius 2 is 2.04 bits per heavy atom. The lowest BCUT2D eigenvalue weighted by molar-refractivity contribution is 0.102. The molecule has 0 aliphatic heterocycles. The van der Waals surface area contributed by atoms with Crippen molar-refractivity contribution < 1.29 is 9.90 Å². The molecular formula is C15H9BrClN3O3. The van der Waals surface area contributed by atoms with Crippen LogP contribution < -0.4 is 10.7 Å². The molecule has 3 N–H and O–H groups in total. The molecule has 1 heterocycles. The van der Waals surface area contributed by atoms with Crippen molar-refractivity contribution in [3.05, 3.63) is 61.8 Å². The maximum absolute atomic E-state index is 12.3. The first-order valence-electron chi connectivity index (χ1n) is 6.44. The van der Waals surface area contributed by atoms with Gasteiger partial charge >= 0.3 is 0 Å². The number of halogens is 2. The summed E-state index contributed by atoms with van der Waals surface area (Å²) in [6.45, 7) is 0. The van der Waals surface area contributed by atoms with E-state index in [2.05, 4.69) is 31.4 Å². The van der Waals surface area contributed by atoms with Crippen LogP contribution in [0.3, 0.4) is 0 Å². The Bertz CT molecular complexity index is 987. The Balaban J connectivity index is 2.02. The second-order valence-electron chi connectivity index (χ2n) is 4.68. The molecule has 3 aromatic rings. The Hall–Kier alpha value is -2.38. The van der Waals surface area contributed by atoms with Crippen LogP contribution in [0.15, 0.2) is 45.7 Å². The van der Waals surface area contributed by atoms with E-state index in [1.807, 2.05) is 0 Å². The molecule has 0 aliphatic rings. The number of fused-ring (bicyclic) bond motifs is 1. The van der Waals surface area contributed by atoms with Crippen molar-refractivity contribution in [1.29, 1.82) is 0 Å². The van der Waals surface area contributed by atoms with Crippen molar-refractivity contribution in [3.8, 4) is 5.75 Å². The minimum atomic E-state index is -0.749. The van der Waals surface area contributed by atoms with Crippen LogP contribution in [0.2, 0.25) is 5.02 Å². The monoisotopic (exact) mass is 393 g/mol. The van der Waals surface area contributed by atoms with Crippen LogP contribution in [-0.4, -0.2) is 21.2 Å². The number of phenolic OH excluding ortho intramolecular Hbond substituents is 1. The zero-order valence-corrected chi connectivity index (χ0v) is 13.8. The molecule has 0 saturated heterocycles. The van der Waals surface area contributed by atoms with Crippen molar-refractivity contribution in [2.75, 3.05) is 5.32 Å². The highest BCUT2D eigenvalue weighted by atomic mass is 79.9. The molecule has 0 aliphatic carbocycles. The minimum Gasteiger partial charge on any atom is -0.504 e. The largest absolute Gasteiger partial charge is 0.504 e. The second-order valence-corrected chi connectivity index (χ2v) is 6.01. The Morgan fingerprint density at radius 1 is 1.30 bits per heavy atom. The van der Waals surface area contributed by atoms with Crippen LogP contribution in [0.5, 0.6) is 5.75 Å². The van der Waals surface area contributed by atoms with E-state index < -0.39 is 11.3 Å². The topological polar surface area (TPSA) is 95.1 Å². The van der Waals surface area contributed by atoms with Gasteiger partial charge in [0.1, 0.15) is 0 Å². The number of carbonyl (C=O) groups excluding carboxylic acids is 1. The van der Waals surface area contributed by atoms with E-state index in [0.29, 0.717) is 15.4 Å². The number of H-pyrrole nitrogens is 1. The third kappa shape index (κ3) is 2.93. The van der Waals surface area contributed by atoms with E-state index in [1.54, 1.807) is 24.3 Å². The first-order valence-corrected chi connectivity index (χ1v) is 7.61. The van der Waals surface area contributed by atoms with Gasteiger partial charge in [-0.2, -0.15) is 5.10 Å². The number of rotatable bonds is 2. The average Bonchev–Trinajstić information content (AvgIpc) is 2.52. The summed E-state index contributed by atoms with van der Waals surface area (Å²) in [5.74, 6) is -1.04. The lowest BCUT2D eigenvalue weighted by Gasteiger charge is -2.09. The summed E-state index contributed by atoms with van der Waals surface area (Å²) in [5, 5.41) is 19.2. The molecule has 0 radical (unpaired) electrons. The first-order chi connectivity index (χ1) is 11.0. The fourth-order valence-corrected chi connectivity index (χ4v) is 2.88. The minimum absolute atomic E-state index is 0.0649. The molecule has 0 saturated carbocycles. The maximum atomic E-state index is 12.3. The number of para-hydroxylation sites is 1. The van der Waals surface area contributed by atoms with Crippen molar-refractivity contribution in [1.82, 2.24) is 10.2 Å². The highest BCUT2D eigenvalue weighted by Crippen LogP contribution is 2.35. The van der Waals surface area contributed by atoms with Gasteiger partial charge in [-0.3, -0.25) is 14.7 Å². The number of anilines is 1. The lowest BCUT2D eigenvalue weighted by atomic mass is 10.2. The zero-order chi connectivity index (χ0) is 16.6. The van der Waals surface area contributed by atoms with Crippen LogP contribution in [0, 0.1) is 0 Å². The van der Waals surface area contributed by atoms with Gasteiger partial charge in [-0.25, -0.2) is 0 Å². The first kappa shape index (κ1) is 15.5. The molecule has 0 bridgehead atoms. The number of hydrogen-bond acceptors (Lipinski definition) is 4. The number of hydrogen-bond donors (Lipinski definition) is 3. The quantitative estimate of drug-likeness (QED) is 0.581. The molecule has 23 heavy (non-hydrogen) atoms. The SMILES string of the molecule is O=C(Nc1cc(Br)cc(Cl)c1O)c1n[nH]c2ccccc2c1=O. The lowest BCUT2D eigenvalue weighted by Crippen LogP contribution is -2.24. The van der Waals surface area contributed by atoms with Gasteiger partial charge in [-0.15, -0.1) is 0 Å². The summed E-state index contributed by atoms with van der Waals surface area (Å²) in [7, 11) is 0. The Labute approximate surface area is 143 Å². The number of nitrogens with zero attached hydrogens (tertiary/aromatic N) is 1. The molecular weight excluding hydrogens is 386 g/mol. The molecule has 1 amide bonds.